The van der Waals surface area contributed by atoms with Gasteiger partial charge in [0.25, 0.3) is 0 Å². The highest BCUT2D eigenvalue weighted by atomic mass is 35.5. The SMILES string of the molecule is Cl.NCc1cc(N)cnc1S(=O)(=O)Cc1ccc2c(c1)B(O)OC2. The van der Waals surface area contributed by atoms with Crippen molar-refractivity contribution >= 4 is 40.5 Å². The number of hydrogen-bond donors (Lipinski definition) is 3. The first-order valence-corrected chi connectivity index (χ1v) is 8.64. The molecule has 0 aliphatic carbocycles. The second kappa shape index (κ2) is 7.08. The lowest BCUT2D eigenvalue weighted by Gasteiger charge is -2.10. The zero-order valence-electron chi connectivity index (χ0n) is 12.7. The maximum absolute atomic E-state index is 12.6. The summed E-state index contributed by atoms with van der Waals surface area (Å²) in [5, 5.41) is 9.66. The molecule has 0 spiro atoms. The first-order valence-electron chi connectivity index (χ1n) is 6.99. The number of hydrogen-bond acceptors (Lipinski definition) is 7. The molecule has 7 nitrogen and oxygen atoms in total. The van der Waals surface area contributed by atoms with Crippen LogP contribution in [0.4, 0.5) is 5.69 Å². The molecule has 2 aromatic rings. The van der Waals surface area contributed by atoms with Gasteiger partial charge in [0, 0.05) is 12.1 Å². The molecule has 2 heterocycles. The van der Waals surface area contributed by atoms with Gasteiger partial charge in [0.1, 0.15) is 0 Å². The van der Waals surface area contributed by atoms with E-state index in [9.17, 15) is 13.4 Å². The van der Waals surface area contributed by atoms with Crippen molar-refractivity contribution in [2.45, 2.75) is 23.9 Å². The molecule has 0 saturated heterocycles. The molecule has 1 aromatic carbocycles. The van der Waals surface area contributed by atoms with Crippen molar-refractivity contribution in [3.8, 4) is 0 Å². The van der Waals surface area contributed by atoms with E-state index in [2.05, 4.69) is 4.98 Å². The average Bonchev–Trinajstić information content (AvgIpc) is 2.87. The van der Waals surface area contributed by atoms with Crippen LogP contribution in [0.3, 0.4) is 0 Å². The number of anilines is 1. The number of benzene rings is 1. The number of halogens is 1. The van der Waals surface area contributed by atoms with Gasteiger partial charge >= 0.3 is 7.12 Å². The molecule has 10 heteroatoms. The number of nitrogen functional groups attached to an aromatic ring is 1. The molecule has 0 amide bonds. The van der Waals surface area contributed by atoms with Gasteiger partial charge in [-0.25, -0.2) is 13.4 Å². The smallest absolute Gasteiger partial charge is 0.423 e. The summed E-state index contributed by atoms with van der Waals surface area (Å²) in [6.45, 7) is 0.351. The number of fused-ring (bicyclic) bond motifs is 1. The van der Waals surface area contributed by atoms with Crippen molar-refractivity contribution in [2.24, 2.45) is 5.73 Å². The quantitative estimate of drug-likeness (QED) is 0.633. The molecule has 3 rings (SSSR count). The van der Waals surface area contributed by atoms with Crippen LogP contribution in [-0.4, -0.2) is 25.5 Å². The first-order chi connectivity index (χ1) is 10.9. The van der Waals surface area contributed by atoms with Crippen molar-refractivity contribution in [1.29, 1.82) is 0 Å². The highest BCUT2D eigenvalue weighted by Crippen LogP contribution is 2.21. The predicted molar refractivity (Wildman–Crippen MR) is 93.5 cm³/mol. The van der Waals surface area contributed by atoms with Crippen LogP contribution in [0.1, 0.15) is 16.7 Å². The number of nitrogens with zero attached hydrogens (tertiary/aromatic N) is 1. The molecule has 128 valence electrons. The lowest BCUT2D eigenvalue weighted by Crippen LogP contribution is -2.28. The van der Waals surface area contributed by atoms with Crippen LogP contribution in [0.2, 0.25) is 0 Å². The van der Waals surface area contributed by atoms with Crippen LogP contribution < -0.4 is 16.9 Å². The molecule has 1 aromatic heterocycles. The maximum atomic E-state index is 12.6. The molecular weight excluding hydrogens is 353 g/mol. The number of rotatable bonds is 4. The van der Waals surface area contributed by atoms with Crippen molar-refractivity contribution in [1.82, 2.24) is 4.98 Å². The third-order valence-corrected chi connectivity index (χ3v) is 5.36. The van der Waals surface area contributed by atoms with Crippen LogP contribution in [-0.2, 0) is 33.4 Å². The average molecular weight is 370 g/mol. The lowest BCUT2D eigenvalue weighted by atomic mass is 9.79. The predicted octanol–water partition coefficient (Wildman–Crippen LogP) is -0.264. The summed E-state index contributed by atoms with van der Waals surface area (Å²) in [5.41, 5.74) is 14.0. The fraction of sp³-hybridized carbons (Fsp3) is 0.214. The molecule has 1 aliphatic heterocycles. The molecule has 0 unspecified atom stereocenters. The summed E-state index contributed by atoms with van der Waals surface area (Å²) in [6, 6.07) is 6.62. The third kappa shape index (κ3) is 3.55. The third-order valence-electron chi connectivity index (χ3n) is 3.69. The lowest BCUT2D eigenvalue weighted by molar-refractivity contribution is 0.275. The summed E-state index contributed by atoms with van der Waals surface area (Å²) in [5.74, 6) is -0.239. The van der Waals surface area contributed by atoms with E-state index in [0.29, 0.717) is 28.9 Å². The van der Waals surface area contributed by atoms with E-state index < -0.39 is 17.0 Å². The second-order valence-corrected chi connectivity index (χ2v) is 7.30. The van der Waals surface area contributed by atoms with E-state index in [4.69, 9.17) is 16.1 Å². The van der Waals surface area contributed by atoms with Crippen molar-refractivity contribution in [2.75, 3.05) is 5.73 Å². The topological polar surface area (TPSA) is 129 Å². The van der Waals surface area contributed by atoms with Crippen molar-refractivity contribution in [3.63, 3.8) is 0 Å². The Morgan fingerprint density at radius 3 is 2.79 bits per heavy atom. The monoisotopic (exact) mass is 369 g/mol. The Bertz CT molecular complexity index is 863. The van der Waals surface area contributed by atoms with Gasteiger partial charge in [0.2, 0.25) is 0 Å². The number of aromatic nitrogens is 1. The van der Waals surface area contributed by atoms with Gasteiger partial charge in [0.15, 0.2) is 14.9 Å². The Morgan fingerprint density at radius 1 is 1.33 bits per heavy atom. The molecule has 5 N–H and O–H groups in total. The number of nitrogens with two attached hydrogens (primary N) is 2. The Hall–Kier alpha value is -1.65. The van der Waals surface area contributed by atoms with Crippen LogP contribution in [0, 0.1) is 0 Å². The highest BCUT2D eigenvalue weighted by molar-refractivity contribution is 7.90. The van der Waals surface area contributed by atoms with E-state index in [-0.39, 0.29) is 29.7 Å². The van der Waals surface area contributed by atoms with Crippen molar-refractivity contribution < 1.29 is 18.1 Å². The standard InChI is InChI=1S/C14H16BN3O4S.ClH/c16-5-11-4-12(17)6-18-14(11)23(20,21)8-9-1-2-10-7-22-15(19)13(10)3-9;/h1-4,6,19H,5,7-8,16-17H2;1H. The molecule has 0 fully saturated rings. The molecule has 24 heavy (non-hydrogen) atoms. The van der Waals surface area contributed by atoms with Crippen molar-refractivity contribution in [3.05, 3.63) is 47.2 Å². The minimum Gasteiger partial charge on any atom is -0.423 e. The zero-order chi connectivity index (χ0) is 16.6. The summed E-state index contributed by atoms with van der Waals surface area (Å²) < 4.78 is 30.3. The summed E-state index contributed by atoms with van der Waals surface area (Å²) in [6.07, 6.45) is 1.30. The molecule has 0 bridgehead atoms. The van der Waals surface area contributed by atoms with E-state index in [1.54, 1.807) is 18.2 Å². The normalized spacial score (nSPS) is 13.5. The van der Waals surface area contributed by atoms with Crippen LogP contribution in [0.5, 0.6) is 0 Å². The zero-order valence-corrected chi connectivity index (χ0v) is 14.3. The van der Waals surface area contributed by atoms with E-state index in [1.807, 2.05) is 0 Å². The highest BCUT2D eigenvalue weighted by Gasteiger charge is 2.28. The second-order valence-electron chi connectivity index (χ2n) is 5.39. The first kappa shape index (κ1) is 18.7. The number of sulfone groups is 1. The van der Waals surface area contributed by atoms with Crippen LogP contribution in [0.25, 0.3) is 0 Å². The molecular formula is C14H17BClN3O4S. The van der Waals surface area contributed by atoms with Gasteiger partial charge in [-0.05, 0) is 22.7 Å². The molecule has 0 atom stereocenters. The fourth-order valence-electron chi connectivity index (χ4n) is 2.58. The summed E-state index contributed by atoms with van der Waals surface area (Å²) in [7, 11) is -4.69. The van der Waals surface area contributed by atoms with Gasteiger partial charge in [-0.15, -0.1) is 12.4 Å². The molecule has 0 saturated carbocycles. The molecule has 0 radical (unpaired) electrons. The van der Waals surface area contributed by atoms with Gasteiger partial charge in [-0.3, -0.25) is 0 Å². The summed E-state index contributed by atoms with van der Waals surface area (Å²) >= 11 is 0. The Labute approximate surface area is 146 Å². The Kier molecular flexibility index (Phi) is 5.51. The Balaban J connectivity index is 0.00000208. The minimum absolute atomic E-state index is 0. The van der Waals surface area contributed by atoms with Gasteiger partial charge < -0.3 is 21.1 Å². The van der Waals surface area contributed by atoms with Crippen LogP contribution >= 0.6 is 12.4 Å². The number of pyridine rings is 1. The maximum Gasteiger partial charge on any atom is 0.491 e. The van der Waals surface area contributed by atoms with Gasteiger partial charge in [-0.2, -0.15) is 0 Å². The molecule has 1 aliphatic rings. The summed E-state index contributed by atoms with van der Waals surface area (Å²) in [4.78, 5) is 3.94. The van der Waals surface area contributed by atoms with E-state index >= 15 is 0 Å². The Morgan fingerprint density at radius 2 is 2.08 bits per heavy atom. The van der Waals surface area contributed by atoms with Gasteiger partial charge in [-0.1, -0.05) is 18.2 Å². The van der Waals surface area contributed by atoms with Gasteiger partial charge in [0.05, 0.1) is 24.2 Å². The van der Waals surface area contributed by atoms with E-state index in [0.717, 1.165) is 5.56 Å². The van der Waals surface area contributed by atoms with Crippen LogP contribution in [0.15, 0.2) is 35.5 Å². The minimum atomic E-state index is -3.68. The fourth-order valence-corrected chi connectivity index (χ4v) is 4.09. The largest absolute Gasteiger partial charge is 0.491 e. The van der Waals surface area contributed by atoms with E-state index in [1.165, 1.54) is 12.3 Å².